The molecule has 3 heteroatoms. The molecule has 0 aromatic heterocycles. The molecule has 1 saturated carbocycles. The van der Waals surface area contributed by atoms with Crippen LogP contribution in [-0.2, 0) is 0 Å². The van der Waals surface area contributed by atoms with Gasteiger partial charge in [-0.05, 0) is 44.7 Å². The molecule has 0 aromatic rings. The summed E-state index contributed by atoms with van der Waals surface area (Å²) in [5, 5.41) is 10.1. The number of nitrogens with zero attached hydrogens (tertiary/aromatic N) is 1. The molecular weight excluding hydrogens is 212 g/mol. The zero-order valence-electron chi connectivity index (χ0n) is 11.8. The molecular formula is C14H30N2O. The quantitative estimate of drug-likeness (QED) is 0.749. The molecule has 1 rings (SSSR count). The van der Waals surface area contributed by atoms with Crippen molar-refractivity contribution in [1.82, 2.24) is 4.90 Å². The van der Waals surface area contributed by atoms with E-state index in [2.05, 4.69) is 25.8 Å². The average molecular weight is 242 g/mol. The Balaban J connectivity index is 2.59. The minimum atomic E-state index is -0.141. The van der Waals surface area contributed by atoms with Gasteiger partial charge in [0.25, 0.3) is 0 Å². The normalized spacial score (nSPS) is 26.5. The molecule has 0 spiro atoms. The Morgan fingerprint density at radius 3 is 2.29 bits per heavy atom. The SMILES string of the molecule is CCC(CC)(CN)CN(C)C1CCCCC1O. The van der Waals surface area contributed by atoms with E-state index in [4.69, 9.17) is 5.73 Å². The summed E-state index contributed by atoms with van der Waals surface area (Å²) in [5.74, 6) is 0. The van der Waals surface area contributed by atoms with E-state index >= 15 is 0 Å². The van der Waals surface area contributed by atoms with E-state index in [-0.39, 0.29) is 11.5 Å². The topological polar surface area (TPSA) is 49.5 Å². The van der Waals surface area contributed by atoms with Crippen molar-refractivity contribution >= 4 is 0 Å². The highest BCUT2D eigenvalue weighted by Crippen LogP contribution is 2.29. The van der Waals surface area contributed by atoms with Crippen LogP contribution < -0.4 is 5.73 Å². The van der Waals surface area contributed by atoms with Gasteiger partial charge in [0.1, 0.15) is 0 Å². The summed E-state index contributed by atoms with van der Waals surface area (Å²) in [5.41, 5.74) is 6.18. The van der Waals surface area contributed by atoms with Crippen molar-refractivity contribution in [3.8, 4) is 0 Å². The maximum Gasteiger partial charge on any atom is 0.0695 e. The highest BCUT2D eigenvalue weighted by atomic mass is 16.3. The molecule has 0 aliphatic heterocycles. The smallest absolute Gasteiger partial charge is 0.0695 e. The van der Waals surface area contributed by atoms with Crippen LogP contribution in [0.2, 0.25) is 0 Å². The lowest BCUT2D eigenvalue weighted by molar-refractivity contribution is 0.0116. The molecule has 102 valence electrons. The van der Waals surface area contributed by atoms with Crippen LogP contribution in [0.3, 0.4) is 0 Å². The predicted molar refractivity (Wildman–Crippen MR) is 73.0 cm³/mol. The summed E-state index contributed by atoms with van der Waals surface area (Å²) in [6.07, 6.45) is 6.61. The summed E-state index contributed by atoms with van der Waals surface area (Å²) < 4.78 is 0. The standard InChI is InChI=1S/C14H30N2O/c1-4-14(5-2,10-15)11-16(3)12-8-6-7-9-13(12)17/h12-13,17H,4-11,15H2,1-3H3. The molecule has 2 unspecified atom stereocenters. The monoisotopic (exact) mass is 242 g/mol. The average Bonchev–Trinajstić information content (AvgIpc) is 2.36. The first kappa shape index (κ1) is 14.9. The van der Waals surface area contributed by atoms with Crippen molar-refractivity contribution in [2.24, 2.45) is 11.1 Å². The number of nitrogens with two attached hydrogens (primary N) is 1. The summed E-state index contributed by atoms with van der Waals surface area (Å²) in [4.78, 5) is 2.35. The lowest BCUT2D eigenvalue weighted by Crippen LogP contribution is -2.49. The van der Waals surface area contributed by atoms with Crippen LogP contribution in [-0.4, -0.2) is 42.3 Å². The van der Waals surface area contributed by atoms with Crippen molar-refractivity contribution in [1.29, 1.82) is 0 Å². The van der Waals surface area contributed by atoms with Gasteiger partial charge < -0.3 is 15.7 Å². The van der Waals surface area contributed by atoms with E-state index in [0.717, 1.165) is 38.8 Å². The second kappa shape index (κ2) is 6.72. The number of hydrogen-bond acceptors (Lipinski definition) is 3. The van der Waals surface area contributed by atoms with Crippen molar-refractivity contribution in [3.63, 3.8) is 0 Å². The van der Waals surface area contributed by atoms with Gasteiger partial charge in [0.15, 0.2) is 0 Å². The number of likely N-dealkylation sites (N-methyl/N-ethyl adjacent to an activating group) is 1. The number of hydrogen-bond donors (Lipinski definition) is 2. The Morgan fingerprint density at radius 1 is 1.24 bits per heavy atom. The first-order valence-electron chi connectivity index (χ1n) is 7.17. The zero-order valence-corrected chi connectivity index (χ0v) is 11.8. The lowest BCUT2D eigenvalue weighted by atomic mass is 9.81. The van der Waals surface area contributed by atoms with Gasteiger partial charge in [-0.2, -0.15) is 0 Å². The van der Waals surface area contributed by atoms with Gasteiger partial charge in [-0.3, -0.25) is 0 Å². The molecule has 0 amide bonds. The van der Waals surface area contributed by atoms with Crippen molar-refractivity contribution < 1.29 is 5.11 Å². The fraction of sp³-hybridized carbons (Fsp3) is 1.00. The summed E-state index contributed by atoms with van der Waals surface area (Å²) in [6.45, 7) is 6.20. The minimum absolute atomic E-state index is 0.141. The Kier molecular flexibility index (Phi) is 5.90. The fourth-order valence-corrected chi connectivity index (χ4v) is 3.08. The van der Waals surface area contributed by atoms with Gasteiger partial charge in [-0.25, -0.2) is 0 Å². The highest BCUT2D eigenvalue weighted by Gasteiger charge is 2.32. The van der Waals surface area contributed by atoms with Gasteiger partial charge in [0, 0.05) is 12.6 Å². The summed E-state index contributed by atoms with van der Waals surface area (Å²) in [6, 6.07) is 0.341. The van der Waals surface area contributed by atoms with Crippen LogP contribution in [0.4, 0.5) is 0 Å². The predicted octanol–water partition coefficient (Wildman–Crippen LogP) is 1.99. The third-order valence-corrected chi connectivity index (χ3v) is 4.78. The van der Waals surface area contributed by atoms with E-state index in [1.807, 2.05) is 0 Å². The van der Waals surface area contributed by atoms with Gasteiger partial charge in [-0.15, -0.1) is 0 Å². The molecule has 1 aliphatic rings. The molecule has 2 atom stereocenters. The van der Waals surface area contributed by atoms with Crippen molar-refractivity contribution in [2.75, 3.05) is 20.1 Å². The molecule has 3 N–H and O–H groups in total. The molecule has 1 aliphatic carbocycles. The first-order chi connectivity index (χ1) is 8.08. The van der Waals surface area contributed by atoms with Crippen molar-refractivity contribution in [2.45, 2.75) is 64.5 Å². The van der Waals surface area contributed by atoms with Crippen LogP contribution in [0.25, 0.3) is 0 Å². The zero-order chi connectivity index (χ0) is 12.9. The van der Waals surface area contributed by atoms with Crippen LogP contribution in [0.15, 0.2) is 0 Å². The molecule has 0 bridgehead atoms. The van der Waals surface area contributed by atoms with E-state index in [0.29, 0.717) is 6.04 Å². The van der Waals surface area contributed by atoms with Crippen LogP contribution in [0.5, 0.6) is 0 Å². The summed E-state index contributed by atoms with van der Waals surface area (Å²) in [7, 11) is 2.15. The Hall–Kier alpha value is -0.120. The van der Waals surface area contributed by atoms with Gasteiger partial charge in [0.2, 0.25) is 0 Å². The molecule has 17 heavy (non-hydrogen) atoms. The van der Waals surface area contributed by atoms with E-state index < -0.39 is 0 Å². The highest BCUT2D eigenvalue weighted by molar-refractivity contribution is 4.87. The fourth-order valence-electron chi connectivity index (χ4n) is 3.08. The molecule has 0 radical (unpaired) electrons. The Labute approximate surface area is 106 Å². The third kappa shape index (κ3) is 3.67. The Bertz CT molecular complexity index is 208. The largest absolute Gasteiger partial charge is 0.391 e. The van der Waals surface area contributed by atoms with E-state index in [1.165, 1.54) is 12.8 Å². The molecule has 1 fully saturated rings. The maximum absolute atomic E-state index is 10.1. The molecule has 3 nitrogen and oxygen atoms in total. The van der Waals surface area contributed by atoms with Gasteiger partial charge in [-0.1, -0.05) is 26.7 Å². The molecule has 0 heterocycles. The first-order valence-corrected chi connectivity index (χ1v) is 7.17. The number of aliphatic hydroxyl groups is 1. The Morgan fingerprint density at radius 2 is 1.82 bits per heavy atom. The van der Waals surface area contributed by atoms with Gasteiger partial charge >= 0.3 is 0 Å². The third-order valence-electron chi connectivity index (χ3n) is 4.78. The van der Waals surface area contributed by atoms with Crippen LogP contribution >= 0.6 is 0 Å². The second-order valence-corrected chi connectivity index (χ2v) is 5.75. The van der Waals surface area contributed by atoms with Crippen LogP contribution in [0, 0.1) is 5.41 Å². The van der Waals surface area contributed by atoms with E-state index in [9.17, 15) is 5.11 Å². The second-order valence-electron chi connectivity index (χ2n) is 5.75. The van der Waals surface area contributed by atoms with Crippen LogP contribution in [0.1, 0.15) is 52.4 Å². The molecule has 0 saturated heterocycles. The molecule has 0 aromatic carbocycles. The number of aliphatic hydroxyl groups excluding tert-OH is 1. The summed E-state index contributed by atoms with van der Waals surface area (Å²) >= 11 is 0. The maximum atomic E-state index is 10.1. The lowest BCUT2D eigenvalue weighted by Gasteiger charge is -2.41. The number of rotatable bonds is 6. The minimum Gasteiger partial charge on any atom is -0.391 e. The van der Waals surface area contributed by atoms with Gasteiger partial charge in [0.05, 0.1) is 6.10 Å². The van der Waals surface area contributed by atoms with E-state index in [1.54, 1.807) is 0 Å². The van der Waals surface area contributed by atoms with Crippen molar-refractivity contribution in [3.05, 3.63) is 0 Å².